The van der Waals surface area contributed by atoms with Crippen LogP contribution in [-0.2, 0) is 18.6 Å². The number of tetrazole rings is 1. The van der Waals surface area contributed by atoms with E-state index in [0.717, 1.165) is 24.5 Å². The maximum Gasteiger partial charge on any atom is 0.217 e. The molecule has 0 bridgehead atoms. The van der Waals surface area contributed by atoms with Crippen molar-refractivity contribution in [1.82, 2.24) is 24.7 Å². The zero-order chi connectivity index (χ0) is 22.2. The Morgan fingerprint density at radius 3 is 2.32 bits per heavy atom. The van der Waals surface area contributed by atoms with Gasteiger partial charge in [-0.15, -0.1) is 0 Å². The topological polar surface area (TPSA) is 57.3 Å². The molecular weight excluding hydrogens is 410 g/mol. The molecule has 0 N–H and O–H groups in total. The van der Waals surface area contributed by atoms with Gasteiger partial charge in [0, 0.05) is 6.54 Å². The Bertz CT molecular complexity index is 1120. The van der Waals surface area contributed by atoms with Gasteiger partial charge in [-0.05, 0) is 78.7 Å². The smallest absolute Gasteiger partial charge is 0.217 e. The summed E-state index contributed by atoms with van der Waals surface area (Å²) in [5.74, 6) is 1.50. The maximum absolute atomic E-state index is 5.69. The van der Waals surface area contributed by atoms with Crippen molar-refractivity contribution >= 4 is 12.2 Å². The molecule has 3 aromatic rings. The molecular formula is C23H29N5O2S. The number of benzene rings is 2. The van der Waals surface area contributed by atoms with Crippen LogP contribution in [0.15, 0.2) is 42.5 Å². The highest BCUT2D eigenvalue weighted by molar-refractivity contribution is 7.71. The first-order chi connectivity index (χ1) is 14.8. The third-order valence-corrected chi connectivity index (χ3v) is 6.06. The molecule has 2 heterocycles. The number of hydrogen-bond donors (Lipinski definition) is 0. The van der Waals surface area contributed by atoms with Crippen molar-refractivity contribution in [2.24, 2.45) is 0 Å². The fourth-order valence-corrected chi connectivity index (χ4v) is 4.54. The molecule has 0 radical (unpaired) electrons. The van der Waals surface area contributed by atoms with Gasteiger partial charge in [0.05, 0.1) is 32.5 Å². The zero-order valence-electron chi connectivity index (χ0n) is 18.7. The largest absolute Gasteiger partial charge is 0.493 e. The molecule has 8 heteroatoms. The van der Waals surface area contributed by atoms with E-state index in [1.165, 1.54) is 16.7 Å². The summed E-state index contributed by atoms with van der Waals surface area (Å²) in [6.07, 6.45) is 0.903. The minimum Gasteiger partial charge on any atom is -0.493 e. The predicted octanol–water partition coefficient (Wildman–Crippen LogP) is 4.19. The van der Waals surface area contributed by atoms with Crippen LogP contribution in [-0.4, -0.2) is 45.5 Å². The first kappa shape index (κ1) is 21.5. The van der Waals surface area contributed by atoms with Gasteiger partial charge in [-0.1, -0.05) is 30.3 Å². The van der Waals surface area contributed by atoms with E-state index in [2.05, 4.69) is 72.5 Å². The lowest BCUT2D eigenvalue weighted by Crippen LogP contribution is -2.38. The molecule has 7 nitrogen and oxygen atoms in total. The van der Waals surface area contributed by atoms with Crippen molar-refractivity contribution in [1.29, 1.82) is 0 Å². The Morgan fingerprint density at radius 1 is 1.03 bits per heavy atom. The molecule has 31 heavy (non-hydrogen) atoms. The lowest BCUT2D eigenvalue weighted by molar-refractivity contribution is 0.153. The van der Waals surface area contributed by atoms with Gasteiger partial charge in [-0.25, -0.2) is 9.36 Å². The van der Waals surface area contributed by atoms with Crippen LogP contribution in [0.2, 0.25) is 0 Å². The molecule has 1 aromatic heterocycles. The molecule has 164 valence electrons. The van der Waals surface area contributed by atoms with E-state index in [0.29, 0.717) is 11.4 Å². The van der Waals surface area contributed by atoms with Gasteiger partial charge >= 0.3 is 0 Å². The van der Waals surface area contributed by atoms with E-state index in [-0.39, 0.29) is 11.6 Å². The number of nitrogens with zero attached hydrogens (tertiary/aromatic N) is 5. The van der Waals surface area contributed by atoms with Crippen LogP contribution in [0.1, 0.15) is 43.5 Å². The molecule has 0 fully saturated rings. The van der Waals surface area contributed by atoms with Crippen LogP contribution in [0.4, 0.5) is 0 Å². The number of fused-ring (bicyclic) bond motifs is 1. The molecule has 0 amide bonds. The van der Waals surface area contributed by atoms with Gasteiger partial charge in [0.15, 0.2) is 11.5 Å². The van der Waals surface area contributed by atoms with E-state index >= 15 is 0 Å². The first-order valence-corrected chi connectivity index (χ1v) is 10.8. The van der Waals surface area contributed by atoms with Crippen molar-refractivity contribution in [2.75, 3.05) is 20.8 Å². The predicted molar refractivity (Wildman–Crippen MR) is 122 cm³/mol. The quantitative estimate of drug-likeness (QED) is 0.556. The molecule has 1 atom stereocenters. The van der Waals surface area contributed by atoms with E-state index < -0.39 is 0 Å². The van der Waals surface area contributed by atoms with E-state index in [9.17, 15) is 0 Å². The molecule has 0 saturated heterocycles. The Balaban J connectivity index is 1.77. The highest BCUT2D eigenvalue weighted by Gasteiger charge is 2.31. The maximum atomic E-state index is 5.69. The highest BCUT2D eigenvalue weighted by Crippen LogP contribution is 2.41. The van der Waals surface area contributed by atoms with Gasteiger partial charge in [0.2, 0.25) is 4.77 Å². The Labute approximate surface area is 188 Å². The second-order valence-electron chi connectivity index (χ2n) is 8.77. The van der Waals surface area contributed by atoms with E-state index in [1.54, 1.807) is 18.9 Å². The fraction of sp³-hybridized carbons (Fsp3) is 0.435. The average Bonchev–Trinajstić information content (AvgIpc) is 3.13. The van der Waals surface area contributed by atoms with Crippen molar-refractivity contribution < 1.29 is 9.47 Å². The van der Waals surface area contributed by atoms with Crippen molar-refractivity contribution in [3.05, 3.63) is 63.9 Å². The van der Waals surface area contributed by atoms with Crippen molar-refractivity contribution in [3.63, 3.8) is 0 Å². The van der Waals surface area contributed by atoms with E-state index in [1.807, 2.05) is 10.7 Å². The minimum absolute atomic E-state index is 0.0476. The molecule has 1 aliphatic rings. The minimum atomic E-state index is -0.216. The number of methoxy groups -OCH3 is 2. The monoisotopic (exact) mass is 439 g/mol. The summed E-state index contributed by atoms with van der Waals surface area (Å²) < 4.78 is 15.4. The molecule has 0 saturated carbocycles. The van der Waals surface area contributed by atoms with Crippen molar-refractivity contribution in [2.45, 2.75) is 45.4 Å². The van der Waals surface area contributed by atoms with Gasteiger partial charge in [-0.2, -0.15) is 0 Å². The summed E-state index contributed by atoms with van der Waals surface area (Å²) in [5, 5.41) is 8.67. The van der Waals surface area contributed by atoms with Gasteiger partial charge < -0.3 is 9.47 Å². The summed E-state index contributed by atoms with van der Waals surface area (Å²) >= 11 is 5.69. The standard InChI is InChI=1S/C23H29N5O2S/c1-23(2,3)28-22(31)27(24-25-28)15-26-12-11-17-13-19(29-4)20(30-5)14-18(17)21(26)16-9-7-6-8-10-16/h6-10,13-14,21H,11-12,15H2,1-5H3/t21-/m1/s1. The van der Waals surface area contributed by atoms with Crippen LogP contribution in [0.25, 0.3) is 0 Å². The van der Waals surface area contributed by atoms with Gasteiger partial charge in [-0.3, -0.25) is 4.90 Å². The Hall–Kier alpha value is -2.71. The molecule has 2 aromatic carbocycles. The summed E-state index contributed by atoms with van der Waals surface area (Å²) in [7, 11) is 3.35. The summed E-state index contributed by atoms with van der Waals surface area (Å²) in [6.45, 7) is 7.65. The molecule has 1 aliphatic heterocycles. The molecule has 0 spiro atoms. The summed E-state index contributed by atoms with van der Waals surface area (Å²) in [5.41, 5.74) is 3.48. The normalized spacial score (nSPS) is 16.7. The number of rotatable bonds is 5. The molecule has 0 unspecified atom stereocenters. The number of ether oxygens (including phenoxy) is 2. The van der Waals surface area contributed by atoms with Gasteiger partial charge in [0.1, 0.15) is 0 Å². The van der Waals surface area contributed by atoms with E-state index in [4.69, 9.17) is 21.7 Å². The third-order valence-electron chi connectivity index (χ3n) is 5.68. The summed E-state index contributed by atoms with van der Waals surface area (Å²) in [6, 6.07) is 14.8. The van der Waals surface area contributed by atoms with Crippen LogP contribution in [0.5, 0.6) is 11.5 Å². The highest BCUT2D eigenvalue weighted by atomic mass is 32.1. The molecule has 0 aliphatic carbocycles. The Morgan fingerprint density at radius 2 is 1.71 bits per heavy atom. The number of hydrogen-bond acceptors (Lipinski definition) is 6. The Kier molecular flexibility index (Phi) is 5.85. The lowest BCUT2D eigenvalue weighted by Gasteiger charge is -2.37. The average molecular weight is 440 g/mol. The third kappa shape index (κ3) is 4.09. The first-order valence-electron chi connectivity index (χ1n) is 10.4. The molecule has 4 rings (SSSR count). The second kappa shape index (κ2) is 8.43. The number of aromatic nitrogens is 4. The second-order valence-corrected chi connectivity index (χ2v) is 9.13. The van der Waals surface area contributed by atoms with Gasteiger partial charge in [0.25, 0.3) is 0 Å². The SMILES string of the molecule is COc1cc2c(cc1OC)[C@@H](c1ccccc1)N(Cn1nnn(C(C)(C)C)c1=S)CC2. The lowest BCUT2D eigenvalue weighted by atomic mass is 9.88. The summed E-state index contributed by atoms with van der Waals surface area (Å²) in [4.78, 5) is 2.39. The van der Waals surface area contributed by atoms with Crippen LogP contribution < -0.4 is 9.47 Å². The fourth-order valence-electron chi connectivity index (χ4n) is 4.13. The van der Waals surface area contributed by atoms with Crippen LogP contribution in [0.3, 0.4) is 0 Å². The zero-order valence-corrected chi connectivity index (χ0v) is 19.5. The van der Waals surface area contributed by atoms with Crippen LogP contribution >= 0.6 is 12.2 Å². The van der Waals surface area contributed by atoms with Crippen LogP contribution in [0, 0.1) is 4.77 Å². The van der Waals surface area contributed by atoms with Crippen molar-refractivity contribution in [3.8, 4) is 11.5 Å².